The zero-order valence-electron chi connectivity index (χ0n) is 17.5. The van der Waals surface area contributed by atoms with Gasteiger partial charge in [-0.3, -0.25) is 4.79 Å². The van der Waals surface area contributed by atoms with Gasteiger partial charge < -0.3 is 15.0 Å². The number of halogens is 8. The van der Waals surface area contributed by atoms with E-state index in [1.807, 2.05) is 0 Å². The molecule has 2 unspecified atom stereocenters. The van der Waals surface area contributed by atoms with Crippen molar-refractivity contribution >= 4 is 75.9 Å². The zero-order valence-corrected chi connectivity index (χ0v) is 21.3. The molecular formula is C22H18Cl5F3N2O2. The lowest BCUT2D eigenvalue weighted by Crippen LogP contribution is -2.31. The second-order valence-corrected chi connectivity index (χ2v) is 10.7. The molecule has 1 aliphatic carbocycles. The van der Waals surface area contributed by atoms with Crippen LogP contribution < -0.4 is 5.32 Å². The number of aldehydes is 1. The topological polar surface area (TPSA) is 49.4 Å². The molecule has 1 fully saturated rings. The summed E-state index contributed by atoms with van der Waals surface area (Å²) in [5.41, 5.74) is -0.225. The van der Waals surface area contributed by atoms with Gasteiger partial charge in [-0.15, -0.1) is 0 Å². The van der Waals surface area contributed by atoms with Crippen molar-refractivity contribution in [1.82, 2.24) is 4.90 Å². The van der Waals surface area contributed by atoms with E-state index in [0.29, 0.717) is 27.6 Å². The number of hydrogen-bond acceptors (Lipinski definition) is 3. The highest BCUT2D eigenvalue weighted by Gasteiger charge is 2.76. The molecule has 12 heteroatoms. The van der Waals surface area contributed by atoms with Gasteiger partial charge in [-0.2, -0.15) is 13.2 Å². The van der Waals surface area contributed by atoms with Gasteiger partial charge in [0.25, 0.3) is 5.91 Å². The minimum Gasteiger partial charge on any atom is -0.384 e. The highest BCUT2D eigenvalue weighted by molar-refractivity contribution is 6.54. The first-order valence-corrected chi connectivity index (χ1v) is 11.8. The lowest BCUT2D eigenvalue weighted by Gasteiger charge is -2.20. The Balaban J connectivity index is 1.78. The molecule has 2 aromatic carbocycles. The monoisotopic (exact) mass is 574 g/mol. The summed E-state index contributed by atoms with van der Waals surface area (Å²) in [6.45, 7) is -0.521. The van der Waals surface area contributed by atoms with Gasteiger partial charge in [-0.25, -0.2) is 0 Å². The first-order valence-electron chi connectivity index (χ1n) is 9.87. The van der Waals surface area contributed by atoms with Crippen molar-refractivity contribution in [3.8, 4) is 0 Å². The quantitative estimate of drug-likeness (QED) is 0.266. The van der Waals surface area contributed by atoms with Gasteiger partial charge in [-0.1, -0.05) is 58.0 Å². The summed E-state index contributed by atoms with van der Waals surface area (Å²) in [5, 5.41) is 3.82. The van der Waals surface area contributed by atoms with Crippen LogP contribution in [0.25, 0.3) is 0 Å². The number of amides is 1. The summed E-state index contributed by atoms with van der Waals surface area (Å²) in [6.07, 6.45) is -4.88. The van der Waals surface area contributed by atoms with Crippen molar-refractivity contribution in [2.24, 2.45) is 5.41 Å². The molecule has 0 radical (unpaired) electrons. The summed E-state index contributed by atoms with van der Waals surface area (Å²) in [6, 6.07) is 9.17. The van der Waals surface area contributed by atoms with E-state index in [-0.39, 0.29) is 17.1 Å². The van der Waals surface area contributed by atoms with Crippen LogP contribution in [-0.4, -0.2) is 47.7 Å². The molecule has 4 nitrogen and oxygen atoms in total. The standard InChI is InChI=1S/C22H18Cl5F3N2O2/c1-32(5-4-21(28,29)30)19(34)16-9-15(2-3-17(16)25)31-10-20(11-33)18(22(20,26)27)12-6-13(23)8-14(24)7-12/h2-3,6-9,11,18,31H,4-5,10H2,1H3. The minimum absolute atomic E-state index is 0.00251. The number of anilines is 1. The van der Waals surface area contributed by atoms with Crippen molar-refractivity contribution in [2.45, 2.75) is 22.8 Å². The van der Waals surface area contributed by atoms with Crippen molar-refractivity contribution in [3.05, 3.63) is 62.6 Å². The lowest BCUT2D eigenvalue weighted by atomic mass is 10.00. The second-order valence-electron chi connectivity index (χ2n) is 8.06. The summed E-state index contributed by atoms with van der Waals surface area (Å²) < 4.78 is 36.1. The van der Waals surface area contributed by atoms with Gasteiger partial charge in [-0.05, 0) is 42.0 Å². The van der Waals surface area contributed by atoms with Crippen LogP contribution >= 0.6 is 58.0 Å². The van der Waals surface area contributed by atoms with Crippen molar-refractivity contribution in [3.63, 3.8) is 0 Å². The highest BCUT2D eigenvalue weighted by atomic mass is 35.5. The van der Waals surface area contributed by atoms with Gasteiger partial charge in [0.15, 0.2) is 0 Å². The van der Waals surface area contributed by atoms with Crippen LogP contribution in [0.4, 0.5) is 18.9 Å². The Morgan fingerprint density at radius 2 is 1.74 bits per heavy atom. The fourth-order valence-electron chi connectivity index (χ4n) is 3.78. The molecule has 34 heavy (non-hydrogen) atoms. The molecule has 1 amide bonds. The molecule has 0 aliphatic heterocycles. The predicted molar refractivity (Wildman–Crippen MR) is 130 cm³/mol. The molecular weight excluding hydrogens is 559 g/mol. The summed E-state index contributed by atoms with van der Waals surface area (Å²) >= 11 is 31.2. The number of alkyl halides is 5. The first-order chi connectivity index (χ1) is 15.7. The van der Waals surface area contributed by atoms with Gasteiger partial charge >= 0.3 is 6.18 Å². The van der Waals surface area contributed by atoms with Gasteiger partial charge in [0.1, 0.15) is 10.6 Å². The van der Waals surface area contributed by atoms with Crippen LogP contribution in [0.3, 0.4) is 0 Å². The van der Waals surface area contributed by atoms with E-state index in [9.17, 15) is 22.8 Å². The van der Waals surface area contributed by atoms with Crippen LogP contribution in [0, 0.1) is 5.41 Å². The number of hydrogen-bond donors (Lipinski definition) is 1. The molecule has 1 N–H and O–H groups in total. The third-order valence-corrected chi connectivity index (χ3v) is 7.61. The van der Waals surface area contributed by atoms with E-state index in [1.165, 1.54) is 25.2 Å². The predicted octanol–water partition coefficient (Wildman–Crippen LogP) is 7.24. The van der Waals surface area contributed by atoms with E-state index >= 15 is 0 Å². The average molecular weight is 577 g/mol. The minimum atomic E-state index is -4.39. The van der Waals surface area contributed by atoms with Crippen molar-refractivity contribution in [1.29, 1.82) is 0 Å². The van der Waals surface area contributed by atoms with Crippen LogP contribution in [0.15, 0.2) is 36.4 Å². The normalized spacial score (nSPS) is 21.1. The number of nitrogens with one attached hydrogen (secondary N) is 1. The number of rotatable bonds is 8. The van der Waals surface area contributed by atoms with Gasteiger partial charge in [0.05, 0.1) is 22.4 Å². The molecule has 184 valence electrons. The highest BCUT2D eigenvalue weighted by Crippen LogP contribution is 2.73. The number of benzene rings is 2. The van der Waals surface area contributed by atoms with Crippen molar-refractivity contribution in [2.75, 3.05) is 25.5 Å². The molecule has 1 aliphatic rings. The van der Waals surface area contributed by atoms with Crippen LogP contribution in [0.5, 0.6) is 0 Å². The van der Waals surface area contributed by atoms with Crippen LogP contribution in [-0.2, 0) is 4.79 Å². The fourth-order valence-corrected chi connectivity index (χ4v) is 5.50. The third-order valence-electron chi connectivity index (χ3n) is 5.70. The Morgan fingerprint density at radius 3 is 2.29 bits per heavy atom. The Hall–Kier alpha value is -1.38. The summed E-state index contributed by atoms with van der Waals surface area (Å²) in [5.74, 6) is -1.28. The molecule has 2 atom stereocenters. The van der Waals surface area contributed by atoms with E-state index < -0.39 is 40.7 Å². The van der Waals surface area contributed by atoms with Crippen LogP contribution in [0.2, 0.25) is 15.1 Å². The van der Waals surface area contributed by atoms with E-state index in [0.717, 1.165) is 4.90 Å². The Kier molecular flexibility index (Phi) is 7.95. The maximum absolute atomic E-state index is 12.6. The molecule has 0 bridgehead atoms. The largest absolute Gasteiger partial charge is 0.390 e. The van der Waals surface area contributed by atoms with Gasteiger partial charge in [0, 0.05) is 41.8 Å². The second kappa shape index (κ2) is 9.94. The summed E-state index contributed by atoms with van der Waals surface area (Å²) in [4.78, 5) is 25.7. The molecule has 1 saturated carbocycles. The Labute approximate surface area is 219 Å². The van der Waals surface area contributed by atoms with E-state index in [2.05, 4.69) is 5.32 Å². The average Bonchev–Trinajstić information content (AvgIpc) is 3.24. The number of nitrogens with zero attached hydrogens (tertiary/aromatic N) is 1. The van der Waals surface area contributed by atoms with E-state index in [4.69, 9.17) is 58.0 Å². The number of carbonyl (C=O) groups is 2. The molecule has 0 saturated heterocycles. The molecule has 2 aromatic rings. The summed E-state index contributed by atoms with van der Waals surface area (Å²) in [7, 11) is 1.26. The maximum Gasteiger partial charge on any atom is 0.390 e. The maximum atomic E-state index is 12.6. The van der Waals surface area contributed by atoms with Crippen LogP contribution in [0.1, 0.15) is 28.3 Å². The Bertz CT molecular complexity index is 1090. The number of carbonyl (C=O) groups excluding carboxylic acids is 2. The molecule has 3 rings (SSSR count). The SMILES string of the molecule is CN(CCC(F)(F)F)C(=O)c1cc(NCC2(C=O)C(c3cc(Cl)cc(Cl)c3)C2(Cl)Cl)ccc1Cl. The third kappa shape index (κ3) is 5.54. The first kappa shape index (κ1) is 27.2. The van der Waals surface area contributed by atoms with Crippen molar-refractivity contribution < 1.29 is 22.8 Å². The lowest BCUT2D eigenvalue weighted by molar-refractivity contribution is -0.136. The molecule has 0 heterocycles. The molecule has 0 spiro atoms. The molecule has 0 aromatic heterocycles. The smallest absolute Gasteiger partial charge is 0.384 e. The fraction of sp³-hybridized carbons (Fsp3) is 0.364. The Morgan fingerprint density at radius 1 is 1.12 bits per heavy atom. The zero-order chi connectivity index (χ0) is 25.5. The van der Waals surface area contributed by atoms with Gasteiger partial charge in [0.2, 0.25) is 0 Å². The van der Waals surface area contributed by atoms with E-state index in [1.54, 1.807) is 18.2 Å².